The maximum absolute atomic E-state index is 11.0. The van der Waals surface area contributed by atoms with Gasteiger partial charge in [-0.2, -0.15) is 0 Å². The Labute approximate surface area is 60.1 Å². The minimum Gasteiger partial charge on any atom is -0.316 e. The Kier molecular flexibility index (Phi) is 1.90. The summed E-state index contributed by atoms with van der Waals surface area (Å²) in [5.74, 6) is 0. The van der Waals surface area contributed by atoms with Gasteiger partial charge >= 0.3 is 0 Å². The highest BCUT2D eigenvalue weighted by atomic mass is 16.1. The Morgan fingerprint density at radius 2 is 2.20 bits per heavy atom. The van der Waals surface area contributed by atoms with E-state index in [1.54, 1.807) is 23.7 Å². The molecular weight excluding hydrogens is 126 g/mol. The van der Waals surface area contributed by atoms with Gasteiger partial charge in [0, 0.05) is 18.8 Å². The van der Waals surface area contributed by atoms with Crippen molar-refractivity contribution in [3.05, 3.63) is 34.2 Å². The van der Waals surface area contributed by atoms with Gasteiger partial charge in [0.05, 0.1) is 0 Å². The molecule has 0 radical (unpaired) electrons. The smallest absolute Gasteiger partial charge is 0.250 e. The average Bonchev–Trinajstić information content (AvgIpc) is 1.95. The average molecular weight is 137 g/mol. The summed E-state index contributed by atoms with van der Waals surface area (Å²) in [6, 6.07) is 5.32. The van der Waals surface area contributed by atoms with Crippen LogP contribution in [0.1, 0.15) is 12.6 Å². The number of aromatic nitrogens is 1. The lowest BCUT2D eigenvalue weighted by atomic mass is 10.3. The zero-order valence-corrected chi connectivity index (χ0v) is 6.29. The predicted octanol–water partition coefficient (Wildman–Crippen LogP) is 0.948. The second-order valence-corrected chi connectivity index (χ2v) is 2.27. The Morgan fingerprint density at radius 1 is 1.50 bits per heavy atom. The van der Waals surface area contributed by atoms with E-state index in [4.69, 9.17) is 0 Å². The predicted molar refractivity (Wildman–Crippen MR) is 41.1 cm³/mol. The van der Waals surface area contributed by atoms with Crippen molar-refractivity contribution in [3.63, 3.8) is 0 Å². The number of rotatable bonds is 1. The fourth-order valence-corrected chi connectivity index (χ4v) is 0.962. The summed E-state index contributed by atoms with van der Waals surface area (Å²) >= 11 is 0. The maximum Gasteiger partial charge on any atom is 0.250 e. The molecule has 0 spiro atoms. The molecule has 0 fully saturated rings. The normalized spacial score (nSPS) is 9.80. The van der Waals surface area contributed by atoms with Gasteiger partial charge in [0.15, 0.2) is 0 Å². The molecule has 2 nitrogen and oxygen atoms in total. The van der Waals surface area contributed by atoms with Crippen LogP contribution in [0.4, 0.5) is 0 Å². The second-order valence-electron chi connectivity index (χ2n) is 2.27. The lowest BCUT2D eigenvalue weighted by molar-refractivity contribution is 0.782. The fraction of sp³-hybridized carbons (Fsp3) is 0.375. The van der Waals surface area contributed by atoms with E-state index in [-0.39, 0.29) is 5.56 Å². The number of nitrogens with zero attached hydrogens (tertiary/aromatic N) is 1. The van der Waals surface area contributed by atoms with E-state index in [1.165, 1.54) is 0 Å². The van der Waals surface area contributed by atoms with Crippen LogP contribution in [0.3, 0.4) is 0 Å². The third-order valence-electron chi connectivity index (χ3n) is 1.65. The van der Waals surface area contributed by atoms with Crippen LogP contribution in [0, 0.1) is 0 Å². The van der Waals surface area contributed by atoms with Crippen LogP contribution in [0.25, 0.3) is 0 Å². The molecule has 0 saturated carbocycles. The van der Waals surface area contributed by atoms with Crippen molar-refractivity contribution in [2.75, 3.05) is 0 Å². The largest absolute Gasteiger partial charge is 0.316 e. The quantitative estimate of drug-likeness (QED) is 0.564. The third-order valence-corrected chi connectivity index (χ3v) is 1.65. The van der Waals surface area contributed by atoms with Crippen LogP contribution in [0.2, 0.25) is 0 Å². The number of aryl methyl sites for hydroxylation is 1. The number of hydrogen-bond donors (Lipinski definition) is 0. The van der Waals surface area contributed by atoms with E-state index in [2.05, 4.69) is 0 Å². The first-order valence-corrected chi connectivity index (χ1v) is 3.40. The van der Waals surface area contributed by atoms with E-state index in [1.807, 2.05) is 13.0 Å². The standard InChI is InChI=1S/C8H11NO/c1-3-7-5-4-6-8(10)9(7)2/h4-6H,3H2,1-2H3. The van der Waals surface area contributed by atoms with Crippen LogP contribution in [-0.2, 0) is 13.5 Å². The minimum atomic E-state index is 0.0688. The molecular formula is C8H11NO. The number of pyridine rings is 1. The topological polar surface area (TPSA) is 22.0 Å². The highest BCUT2D eigenvalue weighted by molar-refractivity contribution is 5.05. The van der Waals surface area contributed by atoms with E-state index >= 15 is 0 Å². The molecule has 0 bridgehead atoms. The van der Waals surface area contributed by atoms with E-state index in [0.29, 0.717) is 0 Å². The summed E-state index contributed by atoms with van der Waals surface area (Å²) in [5.41, 5.74) is 1.15. The summed E-state index contributed by atoms with van der Waals surface area (Å²) in [4.78, 5) is 11.0. The van der Waals surface area contributed by atoms with E-state index in [9.17, 15) is 4.79 Å². The van der Waals surface area contributed by atoms with E-state index < -0.39 is 0 Å². The van der Waals surface area contributed by atoms with Gasteiger partial charge in [0.1, 0.15) is 0 Å². The Hall–Kier alpha value is -1.05. The molecule has 0 N–H and O–H groups in total. The second kappa shape index (κ2) is 2.69. The molecule has 0 unspecified atom stereocenters. The van der Waals surface area contributed by atoms with Crippen LogP contribution in [-0.4, -0.2) is 4.57 Å². The van der Waals surface area contributed by atoms with Crippen LogP contribution in [0.5, 0.6) is 0 Å². The molecule has 0 amide bonds. The molecule has 0 atom stereocenters. The van der Waals surface area contributed by atoms with E-state index in [0.717, 1.165) is 12.1 Å². The Morgan fingerprint density at radius 3 is 2.70 bits per heavy atom. The first kappa shape index (κ1) is 7.06. The Bertz CT molecular complexity index is 275. The van der Waals surface area contributed by atoms with Crippen LogP contribution in [0.15, 0.2) is 23.0 Å². The molecule has 0 aliphatic heterocycles. The first-order valence-electron chi connectivity index (χ1n) is 3.40. The summed E-state index contributed by atoms with van der Waals surface area (Å²) in [5, 5.41) is 0. The van der Waals surface area contributed by atoms with Gasteiger partial charge < -0.3 is 4.57 Å². The number of hydrogen-bond acceptors (Lipinski definition) is 1. The summed E-state index contributed by atoms with van der Waals surface area (Å²) in [7, 11) is 1.79. The fourth-order valence-electron chi connectivity index (χ4n) is 0.962. The molecule has 0 aliphatic carbocycles. The molecule has 1 aromatic heterocycles. The van der Waals surface area contributed by atoms with Gasteiger partial charge in [-0.3, -0.25) is 4.79 Å². The highest BCUT2D eigenvalue weighted by Crippen LogP contribution is 1.93. The van der Waals surface area contributed by atoms with Crippen LogP contribution >= 0.6 is 0 Å². The minimum absolute atomic E-state index is 0.0688. The van der Waals surface area contributed by atoms with Crippen molar-refractivity contribution < 1.29 is 0 Å². The summed E-state index contributed by atoms with van der Waals surface area (Å²) in [6.45, 7) is 2.04. The molecule has 10 heavy (non-hydrogen) atoms. The SMILES string of the molecule is CCc1cccc(=O)n1C. The lowest BCUT2D eigenvalue weighted by Gasteiger charge is -2.02. The highest BCUT2D eigenvalue weighted by Gasteiger charge is 1.93. The van der Waals surface area contributed by atoms with Gasteiger partial charge in [0.25, 0.3) is 0 Å². The molecule has 0 aliphatic rings. The third kappa shape index (κ3) is 1.10. The monoisotopic (exact) mass is 137 g/mol. The molecule has 54 valence electrons. The van der Waals surface area contributed by atoms with Crippen molar-refractivity contribution in [1.29, 1.82) is 0 Å². The van der Waals surface area contributed by atoms with Crippen molar-refractivity contribution in [2.24, 2.45) is 7.05 Å². The van der Waals surface area contributed by atoms with Gasteiger partial charge in [-0.25, -0.2) is 0 Å². The Balaban J connectivity index is 3.28. The molecule has 2 heteroatoms. The van der Waals surface area contributed by atoms with Crippen molar-refractivity contribution in [2.45, 2.75) is 13.3 Å². The maximum atomic E-state index is 11.0. The first-order chi connectivity index (χ1) is 4.75. The lowest BCUT2D eigenvalue weighted by Crippen LogP contribution is -2.17. The zero-order valence-electron chi connectivity index (χ0n) is 6.29. The molecule has 1 rings (SSSR count). The summed E-state index contributed by atoms with van der Waals surface area (Å²) in [6.07, 6.45) is 0.909. The molecule has 0 aromatic carbocycles. The molecule has 0 saturated heterocycles. The van der Waals surface area contributed by atoms with Crippen molar-refractivity contribution >= 4 is 0 Å². The van der Waals surface area contributed by atoms with Gasteiger partial charge in [0.2, 0.25) is 5.56 Å². The van der Waals surface area contributed by atoms with Gasteiger partial charge in [-0.05, 0) is 12.5 Å². The van der Waals surface area contributed by atoms with Crippen LogP contribution < -0.4 is 5.56 Å². The van der Waals surface area contributed by atoms with Crippen molar-refractivity contribution in [3.8, 4) is 0 Å². The zero-order chi connectivity index (χ0) is 7.56. The van der Waals surface area contributed by atoms with Gasteiger partial charge in [-0.1, -0.05) is 13.0 Å². The van der Waals surface area contributed by atoms with Crippen molar-refractivity contribution in [1.82, 2.24) is 4.57 Å². The molecule has 1 heterocycles. The van der Waals surface area contributed by atoms with Gasteiger partial charge in [-0.15, -0.1) is 0 Å². The molecule has 1 aromatic rings. The summed E-state index contributed by atoms with van der Waals surface area (Å²) < 4.78 is 1.67.